The second kappa shape index (κ2) is 8.27. The van der Waals surface area contributed by atoms with Crippen LogP contribution in [0.3, 0.4) is 0 Å². The molecule has 0 N–H and O–H groups in total. The molecule has 0 atom stereocenters. The van der Waals surface area contributed by atoms with Gasteiger partial charge in [-0.15, -0.1) is 11.1 Å². The Kier molecular flexibility index (Phi) is 6.17. The molecule has 0 bridgehead atoms. The minimum atomic E-state index is -2.61. The minimum absolute atomic E-state index is 1.03. The topological polar surface area (TPSA) is 0 Å². The number of hydrogen-bond donors (Lipinski definition) is 0. The summed E-state index contributed by atoms with van der Waals surface area (Å²) in [6.45, 7) is 13.2. The summed E-state index contributed by atoms with van der Waals surface area (Å²) in [5.74, 6) is 0. The van der Waals surface area contributed by atoms with E-state index >= 15 is 0 Å². The predicted octanol–water partition coefficient (Wildman–Crippen LogP) is 5.25. The number of aryl methyl sites for hydroxylation is 6. The first-order chi connectivity index (χ1) is 13.3. The lowest BCUT2D eigenvalue weighted by Crippen LogP contribution is -2.63. The van der Waals surface area contributed by atoms with Gasteiger partial charge in [0, 0.05) is 0 Å². The van der Waals surface area contributed by atoms with Gasteiger partial charge >= 0.3 is 0 Å². The maximum absolute atomic E-state index is 7.76. The first-order valence-electron chi connectivity index (χ1n) is 10.3. The predicted molar refractivity (Wildman–Crippen MR) is 128 cm³/mol. The SMILES string of the molecule is CCc1cc(CC)cc([Si](Cl)(c2ccc(C)c(C)c2)c2ccc(C)c(C)c2)c1. The monoisotopic (exact) mass is 406 g/mol. The van der Waals surface area contributed by atoms with Gasteiger partial charge in [-0.25, -0.2) is 0 Å². The molecule has 0 aliphatic carbocycles. The molecule has 0 fully saturated rings. The van der Waals surface area contributed by atoms with Crippen molar-refractivity contribution in [2.45, 2.75) is 54.4 Å². The Labute approximate surface area is 176 Å². The van der Waals surface area contributed by atoms with Crippen LogP contribution >= 0.6 is 11.1 Å². The van der Waals surface area contributed by atoms with E-state index in [0.717, 1.165) is 12.8 Å². The number of benzene rings is 3. The molecule has 146 valence electrons. The molecule has 0 aliphatic rings. The van der Waals surface area contributed by atoms with Crippen molar-refractivity contribution in [2.75, 3.05) is 0 Å². The molecule has 0 saturated carbocycles. The highest BCUT2D eigenvalue weighted by Crippen LogP contribution is 2.18. The van der Waals surface area contributed by atoms with Gasteiger partial charge in [0.15, 0.2) is 0 Å². The third-order valence-electron chi connectivity index (χ3n) is 6.08. The van der Waals surface area contributed by atoms with Gasteiger partial charge in [0.25, 0.3) is 0 Å². The molecule has 3 aromatic carbocycles. The van der Waals surface area contributed by atoms with E-state index in [2.05, 4.69) is 96.1 Å². The molecule has 0 aromatic heterocycles. The van der Waals surface area contributed by atoms with E-state index in [-0.39, 0.29) is 0 Å². The Bertz CT molecular complexity index is 930. The van der Waals surface area contributed by atoms with Gasteiger partial charge in [0.1, 0.15) is 0 Å². The highest BCUT2D eigenvalue weighted by Gasteiger charge is 2.38. The minimum Gasteiger partial charge on any atom is -0.149 e. The zero-order valence-corrected chi connectivity index (χ0v) is 19.7. The van der Waals surface area contributed by atoms with Gasteiger partial charge in [-0.1, -0.05) is 68.4 Å². The second-order valence-electron chi connectivity index (χ2n) is 8.00. The zero-order chi connectivity index (χ0) is 20.5. The van der Waals surface area contributed by atoms with Crippen molar-refractivity contribution in [1.29, 1.82) is 0 Å². The largest absolute Gasteiger partial charge is 0.247 e. The Morgan fingerprint density at radius 1 is 0.571 bits per heavy atom. The average molecular weight is 407 g/mol. The molecule has 0 saturated heterocycles. The van der Waals surface area contributed by atoms with Crippen LogP contribution < -0.4 is 15.6 Å². The smallest absolute Gasteiger partial charge is 0.149 e. The van der Waals surface area contributed by atoms with Crippen LogP contribution in [0, 0.1) is 27.7 Å². The molecule has 3 aromatic rings. The number of rotatable bonds is 5. The molecule has 0 unspecified atom stereocenters. The summed E-state index contributed by atoms with van der Waals surface area (Å²) in [7, 11) is -2.61. The molecular formula is C26H31ClSi. The Hall–Kier alpha value is -1.83. The van der Waals surface area contributed by atoms with Crippen molar-refractivity contribution >= 4 is 34.0 Å². The van der Waals surface area contributed by atoms with Gasteiger partial charge in [0.05, 0.1) is 0 Å². The first-order valence-corrected chi connectivity index (χ1v) is 13.3. The van der Waals surface area contributed by atoms with E-state index in [1.807, 2.05) is 0 Å². The van der Waals surface area contributed by atoms with Crippen molar-refractivity contribution in [3.05, 3.63) is 88.0 Å². The van der Waals surface area contributed by atoms with Crippen molar-refractivity contribution in [3.63, 3.8) is 0 Å². The second-order valence-corrected chi connectivity index (χ2v) is 12.8. The maximum Gasteiger partial charge on any atom is 0.247 e. The molecule has 0 radical (unpaired) electrons. The fraction of sp³-hybridized carbons (Fsp3) is 0.308. The van der Waals surface area contributed by atoms with E-state index in [0.29, 0.717) is 0 Å². The van der Waals surface area contributed by atoms with Crippen LogP contribution in [0.5, 0.6) is 0 Å². The molecule has 0 nitrogen and oxygen atoms in total. The zero-order valence-electron chi connectivity index (χ0n) is 18.0. The molecule has 3 rings (SSSR count). The normalized spacial score (nSPS) is 11.7. The first kappa shape index (κ1) is 20.9. The molecule has 2 heteroatoms. The summed E-state index contributed by atoms with van der Waals surface area (Å²) in [5.41, 5.74) is 7.99. The van der Waals surface area contributed by atoms with Crippen LogP contribution in [-0.2, 0) is 12.8 Å². The summed E-state index contributed by atoms with van der Waals surface area (Å²) >= 11 is 7.76. The Morgan fingerprint density at radius 3 is 1.36 bits per heavy atom. The van der Waals surface area contributed by atoms with Crippen LogP contribution in [0.15, 0.2) is 54.6 Å². The summed E-state index contributed by atoms with van der Waals surface area (Å²) < 4.78 is 0. The Balaban J connectivity index is 2.34. The molecule has 0 heterocycles. The van der Waals surface area contributed by atoms with Gasteiger partial charge in [-0.3, -0.25) is 0 Å². The van der Waals surface area contributed by atoms with E-state index in [1.165, 1.54) is 48.9 Å². The number of halogens is 1. The molecule has 0 aliphatic heterocycles. The summed E-state index contributed by atoms with van der Waals surface area (Å²) in [6, 6.07) is 20.6. The van der Waals surface area contributed by atoms with Gasteiger partial charge < -0.3 is 0 Å². The van der Waals surface area contributed by atoms with E-state index in [9.17, 15) is 0 Å². The third kappa shape index (κ3) is 3.83. The summed E-state index contributed by atoms with van der Waals surface area (Å²) in [4.78, 5) is 0. The fourth-order valence-corrected chi connectivity index (χ4v) is 8.04. The lowest BCUT2D eigenvalue weighted by Gasteiger charge is -2.29. The standard InChI is InChI=1S/C26H31ClSi/c1-7-22-15-23(8-2)17-26(16-22)28(27,24-11-9-18(3)20(5)13-24)25-12-10-19(4)21(6)14-25/h9-17H,7-8H2,1-6H3. The van der Waals surface area contributed by atoms with Crippen molar-refractivity contribution in [2.24, 2.45) is 0 Å². The average Bonchev–Trinajstić information content (AvgIpc) is 2.70. The molecule has 0 spiro atoms. The van der Waals surface area contributed by atoms with E-state index in [1.54, 1.807) is 0 Å². The van der Waals surface area contributed by atoms with Crippen molar-refractivity contribution in [1.82, 2.24) is 0 Å². The van der Waals surface area contributed by atoms with Crippen LogP contribution in [0.4, 0.5) is 0 Å². The maximum atomic E-state index is 7.76. The van der Waals surface area contributed by atoms with Crippen molar-refractivity contribution < 1.29 is 0 Å². The van der Waals surface area contributed by atoms with Crippen LogP contribution in [0.2, 0.25) is 0 Å². The van der Waals surface area contributed by atoms with Gasteiger partial charge in [0.2, 0.25) is 7.38 Å². The van der Waals surface area contributed by atoms with E-state index < -0.39 is 7.38 Å². The molecular weight excluding hydrogens is 376 g/mol. The number of hydrogen-bond acceptors (Lipinski definition) is 0. The quantitative estimate of drug-likeness (QED) is 0.308. The lowest BCUT2D eigenvalue weighted by atomic mass is 10.1. The van der Waals surface area contributed by atoms with Crippen molar-refractivity contribution in [3.8, 4) is 0 Å². The lowest BCUT2D eigenvalue weighted by molar-refractivity contribution is 1.09. The highest BCUT2D eigenvalue weighted by molar-refractivity contribution is 7.40. The third-order valence-corrected chi connectivity index (χ3v) is 11.3. The molecule has 28 heavy (non-hydrogen) atoms. The Morgan fingerprint density at radius 2 is 1.00 bits per heavy atom. The summed E-state index contributed by atoms with van der Waals surface area (Å²) in [5, 5.41) is 3.85. The highest BCUT2D eigenvalue weighted by atomic mass is 35.6. The van der Waals surface area contributed by atoms with Crippen LogP contribution in [0.25, 0.3) is 0 Å². The van der Waals surface area contributed by atoms with Gasteiger partial charge in [-0.05, 0) is 89.5 Å². The van der Waals surface area contributed by atoms with Gasteiger partial charge in [-0.2, -0.15) is 0 Å². The van der Waals surface area contributed by atoms with Crippen LogP contribution in [-0.4, -0.2) is 7.38 Å². The van der Waals surface area contributed by atoms with E-state index in [4.69, 9.17) is 11.1 Å². The summed E-state index contributed by atoms with van der Waals surface area (Å²) in [6.07, 6.45) is 2.06. The van der Waals surface area contributed by atoms with Crippen LogP contribution in [0.1, 0.15) is 47.2 Å². The molecule has 0 amide bonds. The fourth-order valence-electron chi connectivity index (χ4n) is 3.78.